The van der Waals surface area contributed by atoms with Crippen LogP contribution in [0.3, 0.4) is 0 Å². The van der Waals surface area contributed by atoms with Crippen LogP contribution >= 0.6 is 15.9 Å². The highest BCUT2D eigenvalue weighted by Gasteiger charge is 2.20. The molecule has 0 spiro atoms. The monoisotopic (exact) mass is 240 g/mol. The fraction of sp³-hybridized carbons (Fsp3) is 0.400. The highest BCUT2D eigenvalue weighted by atomic mass is 79.9. The van der Waals surface area contributed by atoms with Crippen molar-refractivity contribution < 1.29 is 0 Å². The molecule has 0 aromatic heterocycles. The van der Waals surface area contributed by atoms with Gasteiger partial charge in [-0.05, 0) is 30.5 Å². The summed E-state index contributed by atoms with van der Waals surface area (Å²) in [6.07, 6.45) is 2.63. The summed E-state index contributed by atoms with van der Waals surface area (Å²) >= 11 is 3.39. The molecule has 1 saturated carbocycles. The lowest BCUT2D eigenvalue weighted by atomic mass is 10.2. The summed E-state index contributed by atoms with van der Waals surface area (Å²) in [5.74, 6) is 0. The van der Waals surface area contributed by atoms with Crippen LogP contribution in [0.5, 0.6) is 0 Å². The normalized spacial score (nSPS) is 16.1. The zero-order valence-electron chi connectivity index (χ0n) is 7.39. The summed E-state index contributed by atoms with van der Waals surface area (Å²) in [4.78, 5) is 0. The van der Waals surface area contributed by atoms with Gasteiger partial charge in [0.2, 0.25) is 0 Å². The van der Waals surface area contributed by atoms with Crippen LogP contribution in [0.4, 0.5) is 5.69 Å². The Hall–Kier alpha value is -0.540. The minimum absolute atomic E-state index is 0.739. The van der Waals surface area contributed by atoms with Crippen LogP contribution in [0.1, 0.15) is 18.4 Å². The molecule has 1 fully saturated rings. The molecule has 2 rings (SSSR count). The first-order valence-electron chi connectivity index (χ1n) is 4.53. The number of halogens is 1. The van der Waals surface area contributed by atoms with Gasteiger partial charge >= 0.3 is 0 Å². The van der Waals surface area contributed by atoms with Gasteiger partial charge in [0, 0.05) is 22.7 Å². The molecule has 0 saturated heterocycles. The van der Waals surface area contributed by atoms with Crippen molar-refractivity contribution in [2.45, 2.75) is 25.4 Å². The molecule has 70 valence electrons. The second-order valence-electron chi connectivity index (χ2n) is 3.50. The van der Waals surface area contributed by atoms with Gasteiger partial charge in [0.1, 0.15) is 0 Å². The van der Waals surface area contributed by atoms with Crippen molar-refractivity contribution in [2.75, 3.05) is 5.73 Å². The lowest BCUT2D eigenvalue weighted by molar-refractivity contribution is 0.689. The van der Waals surface area contributed by atoms with E-state index in [1.54, 1.807) is 0 Å². The molecule has 1 aliphatic carbocycles. The van der Waals surface area contributed by atoms with Gasteiger partial charge in [0.25, 0.3) is 0 Å². The van der Waals surface area contributed by atoms with Crippen LogP contribution in [0, 0.1) is 0 Å². The van der Waals surface area contributed by atoms with Crippen LogP contribution in [-0.4, -0.2) is 6.04 Å². The van der Waals surface area contributed by atoms with E-state index < -0.39 is 0 Å². The summed E-state index contributed by atoms with van der Waals surface area (Å²) < 4.78 is 1.04. The topological polar surface area (TPSA) is 38.0 Å². The Bertz CT molecular complexity index is 308. The predicted molar refractivity (Wildman–Crippen MR) is 58.4 cm³/mol. The smallest absolute Gasteiger partial charge is 0.0370 e. The molecule has 13 heavy (non-hydrogen) atoms. The maximum atomic E-state index is 5.86. The number of nitrogens with one attached hydrogen (secondary N) is 1. The van der Waals surface area contributed by atoms with Gasteiger partial charge in [-0.2, -0.15) is 0 Å². The highest BCUT2D eigenvalue weighted by molar-refractivity contribution is 9.10. The van der Waals surface area contributed by atoms with E-state index >= 15 is 0 Å². The van der Waals surface area contributed by atoms with Crippen molar-refractivity contribution in [1.82, 2.24) is 5.32 Å². The Labute approximate surface area is 86.6 Å². The van der Waals surface area contributed by atoms with Gasteiger partial charge < -0.3 is 11.1 Å². The molecular formula is C10H13BrN2. The molecule has 0 bridgehead atoms. The molecule has 0 amide bonds. The van der Waals surface area contributed by atoms with Gasteiger partial charge in [-0.1, -0.05) is 22.0 Å². The van der Waals surface area contributed by atoms with Crippen molar-refractivity contribution in [2.24, 2.45) is 0 Å². The number of anilines is 1. The number of rotatable bonds is 3. The Morgan fingerprint density at radius 3 is 2.85 bits per heavy atom. The van der Waals surface area contributed by atoms with Gasteiger partial charge in [0.15, 0.2) is 0 Å². The van der Waals surface area contributed by atoms with E-state index in [0.29, 0.717) is 0 Å². The molecule has 1 aliphatic rings. The van der Waals surface area contributed by atoms with E-state index in [-0.39, 0.29) is 0 Å². The molecule has 1 aromatic rings. The third kappa shape index (κ3) is 2.45. The molecule has 0 radical (unpaired) electrons. The fourth-order valence-corrected chi connectivity index (χ4v) is 1.65. The lowest BCUT2D eigenvalue weighted by Crippen LogP contribution is -2.16. The quantitative estimate of drug-likeness (QED) is 0.797. The predicted octanol–water partition coefficient (Wildman–Crippen LogP) is 2.28. The number of nitrogens with two attached hydrogens (primary N) is 1. The molecule has 3 N–H and O–H groups in total. The van der Waals surface area contributed by atoms with E-state index in [4.69, 9.17) is 5.73 Å². The van der Waals surface area contributed by atoms with Crippen LogP contribution in [0.2, 0.25) is 0 Å². The molecule has 0 atom stereocenters. The molecular weight excluding hydrogens is 228 g/mol. The Morgan fingerprint density at radius 2 is 2.23 bits per heavy atom. The largest absolute Gasteiger partial charge is 0.398 e. The number of benzene rings is 1. The van der Waals surface area contributed by atoms with E-state index in [1.165, 1.54) is 18.4 Å². The minimum Gasteiger partial charge on any atom is -0.398 e. The van der Waals surface area contributed by atoms with E-state index in [1.807, 2.05) is 12.1 Å². The third-order valence-electron chi connectivity index (χ3n) is 2.27. The van der Waals surface area contributed by atoms with Crippen LogP contribution in [-0.2, 0) is 6.54 Å². The van der Waals surface area contributed by atoms with Crippen LogP contribution in [0.25, 0.3) is 0 Å². The number of hydrogen-bond acceptors (Lipinski definition) is 2. The average molecular weight is 241 g/mol. The SMILES string of the molecule is Nc1cc(Br)ccc1CNC1CC1. The second-order valence-corrected chi connectivity index (χ2v) is 4.41. The summed E-state index contributed by atoms with van der Waals surface area (Å²) in [5.41, 5.74) is 7.91. The standard InChI is InChI=1S/C10H13BrN2/c11-8-2-1-7(10(12)5-8)6-13-9-3-4-9/h1-2,5,9,13H,3-4,6,12H2. The Morgan fingerprint density at radius 1 is 1.46 bits per heavy atom. The minimum atomic E-state index is 0.739. The van der Waals surface area contributed by atoms with E-state index in [9.17, 15) is 0 Å². The molecule has 0 aliphatic heterocycles. The molecule has 3 heteroatoms. The van der Waals surface area contributed by atoms with Gasteiger partial charge in [-0.25, -0.2) is 0 Å². The maximum absolute atomic E-state index is 5.86. The highest BCUT2D eigenvalue weighted by Crippen LogP contribution is 2.22. The maximum Gasteiger partial charge on any atom is 0.0370 e. The van der Waals surface area contributed by atoms with Crippen molar-refractivity contribution in [3.8, 4) is 0 Å². The third-order valence-corrected chi connectivity index (χ3v) is 2.76. The fourth-order valence-electron chi connectivity index (χ4n) is 1.27. The molecule has 0 heterocycles. The molecule has 0 unspecified atom stereocenters. The van der Waals surface area contributed by atoms with Crippen LogP contribution < -0.4 is 11.1 Å². The van der Waals surface area contributed by atoms with Gasteiger partial charge in [0.05, 0.1) is 0 Å². The first-order chi connectivity index (χ1) is 6.25. The van der Waals surface area contributed by atoms with Crippen LogP contribution in [0.15, 0.2) is 22.7 Å². The Balaban J connectivity index is 2.01. The Kier molecular flexibility index (Phi) is 2.56. The van der Waals surface area contributed by atoms with Gasteiger partial charge in [-0.3, -0.25) is 0 Å². The number of nitrogen functional groups attached to an aromatic ring is 1. The molecule has 1 aromatic carbocycles. The lowest BCUT2D eigenvalue weighted by Gasteiger charge is -2.06. The van der Waals surface area contributed by atoms with Gasteiger partial charge in [-0.15, -0.1) is 0 Å². The summed E-state index contributed by atoms with van der Waals surface area (Å²) in [5, 5.41) is 3.44. The molecule has 2 nitrogen and oxygen atoms in total. The summed E-state index contributed by atoms with van der Waals surface area (Å²) in [6, 6.07) is 6.78. The second kappa shape index (κ2) is 3.68. The van der Waals surface area contributed by atoms with E-state index in [2.05, 4.69) is 27.3 Å². The van der Waals surface area contributed by atoms with Crippen molar-refractivity contribution in [1.29, 1.82) is 0 Å². The summed E-state index contributed by atoms with van der Waals surface area (Å²) in [6.45, 7) is 0.893. The average Bonchev–Trinajstić information content (AvgIpc) is 2.86. The van der Waals surface area contributed by atoms with E-state index in [0.717, 1.165) is 22.7 Å². The zero-order chi connectivity index (χ0) is 9.26. The van der Waals surface area contributed by atoms with Crippen molar-refractivity contribution >= 4 is 21.6 Å². The first-order valence-corrected chi connectivity index (χ1v) is 5.32. The summed E-state index contributed by atoms with van der Waals surface area (Å²) in [7, 11) is 0. The van der Waals surface area contributed by atoms with Crippen molar-refractivity contribution in [3.05, 3.63) is 28.2 Å². The first kappa shape index (κ1) is 9.03. The van der Waals surface area contributed by atoms with Crippen molar-refractivity contribution in [3.63, 3.8) is 0 Å². The zero-order valence-corrected chi connectivity index (χ0v) is 8.97. The number of hydrogen-bond donors (Lipinski definition) is 2.